The molecule has 0 spiro atoms. The summed E-state index contributed by atoms with van der Waals surface area (Å²) in [5, 5.41) is 0. The van der Waals surface area contributed by atoms with E-state index < -0.39 is 0 Å². The van der Waals surface area contributed by atoms with E-state index in [1.165, 1.54) is 30.2 Å². The molecule has 0 saturated carbocycles. The van der Waals surface area contributed by atoms with Gasteiger partial charge in [-0.05, 0) is 79.4 Å². The van der Waals surface area contributed by atoms with Crippen LogP contribution in [0.15, 0.2) is 72.8 Å². The molecule has 4 nitrogen and oxygen atoms in total. The summed E-state index contributed by atoms with van der Waals surface area (Å²) in [6.45, 7) is 4.83. The van der Waals surface area contributed by atoms with Crippen LogP contribution in [0.3, 0.4) is 0 Å². The lowest BCUT2D eigenvalue weighted by atomic mass is 9.89. The Bertz CT molecular complexity index is 1090. The first-order chi connectivity index (χ1) is 17.2. The second kappa shape index (κ2) is 11.3. The van der Waals surface area contributed by atoms with Gasteiger partial charge in [0.05, 0.1) is 0 Å². The van der Waals surface area contributed by atoms with Crippen LogP contribution in [-0.2, 0) is 6.54 Å². The molecule has 0 radical (unpaired) electrons. The number of hydrogen-bond acceptors (Lipinski definition) is 4. The van der Waals surface area contributed by atoms with Crippen LogP contribution < -0.4 is 15.8 Å². The molecule has 0 aliphatic carbocycles. The number of fused-ring (bicyclic) bond motifs is 3. The van der Waals surface area contributed by atoms with Crippen molar-refractivity contribution in [2.24, 2.45) is 0 Å². The topological polar surface area (TPSA) is 30.5 Å². The molecule has 0 aromatic heterocycles. The normalized spacial score (nSPS) is 19.5. The fourth-order valence-electron chi connectivity index (χ4n) is 5.55. The van der Waals surface area contributed by atoms with Gasteiger partial charge in [-0.1, -0.05) is 36.8 Å². The summed E-state index contributed by atoms with van der Waals surface area (Å²) in [6, 6.07) is 22.5. The van der Waals surface area contributed by atoms with E-state index in [1.54, 1.807) is 6.07 Å². The van der Waals surface area contributed by atoms with E-state index in [9.17, 15) is 8.78 Å². The van der Waals surface area contributed by atoms with Gasteiger partial charge in [0.2, 0.25) is 0 Å². The third-order valence-corrected chi connectivity index (χ3v) is 7.28. The van der Waals surface area contributed by atoms with Gasteiger partial charge in [-0.3, -0.25) is 10.9 Å². The maximum Gasteiger partial charge on any atom is 0.123 e. The van der Waals surface area contributed by atoms with Crippen molar-refractivity contribution in [2.75, 3.05) is 31.1 Å². The second-order valence-electron chi connectivity index (χ2n) is 9.64. The summed E-state index contributed by atoms with van der Waals surface area (Å²) in [6.07, 6.45) is 4.49. The van der Waals surface area contributed by atoms with Gasteiger partial charge < -0.3 is 9.80 Å². The molecule has 2 aliphatic rings. The standard InChI is InChI=1S/C29H34F2N4/c30-23-9-12-25(13-10-23)35-28-14-11-24(31)19-26(28)27-21-34(18-15-29(27)35)17-6-2-5-16-32-33-20-22-7-3-1-4-8-22/h1,3-4,7-14,19,27,29,32-33H,2,5-6,15-18,20-21H2. The van der Waals surface area contributed by atoms with Gasteiger partial charge in [0.25, 0.3) is 0 Å². The van der Waals surface area contributed by atoms with Crippen molar-refractivity contribution >= 4 is 11.4 Å². The molecule has 1 fully saturated rings. The van der Waals surface area contributed by atoms with Crippen LogP contribution >= 0.6 is 0 Å². The minimum atomic E-state index is -0.235. The Morgan fingerprint density at radius 1 is 0.829 bits per heavy atom. The van der Waals surface area contributed by atoms with Crippen LogP contribution in [0.4, 0.5) is 20.2 Å². The fraction of sp³-hybridized carbons (Fsp3) is 0.379. The van der Waals surface area contributed by atoms with Crippen molar-refractivity contribution in [1.29, 1.82) is 0 Å². The zero-order valence-electron chi connectivity index (χ0n) is 20.1. The third-order valence-electron chi connectivity index (χ3n) is 7.28. The molecular formula is C29H34F2N4. The molecule has 3 aromatic rings. The molecule has 3 aromatic carbocycles. The highest BCUT2D eigenvalue weighted by atomic mass is 19.1. The number of anilines is 2. The van der Waals surface area contributed by atoms with E-state index in [2.05, 4.69) is 44.9 Å². The van der Waals surface area contributed by atoms with E-state index in [4.69, 9.17) is 0 Å². The Hall–Kier alpha value is -2.80. The SMILES string of the molecule is Fc1ccc(N2c3ccc(F)cc3C3CN(CCCCCNNCc4ccccc4)CCC32)cc1. The summed E-state index contributed by atoms with van der Waals surface area (Å²) in [4.78, 5) is 4.83. The predicted molar refractivity (Wildman–Crippen MR) is 138 cm³/mol. The van der Waals surface area contributed by atoms with E-state index in [1.807, 2.05) is 24.3 Å². The Balaban J connectivity index is 1.10. The summed E-state index contributed by atoms with van der Waals surface area (Å²) in [7, 11) is 0. The third kappa shape index (κ3) is 5.72. The van der Waals surface area contributed by atoms with Crippen LogP contribution in [0.25, 0.3) is 0 Å². The quantitative estimate of drug-likeness (QED) is 0.289. The number of hydrazine groups is 1. The van der Waals surface area contributed by atoms with Crippen LogP contribution in [0.1, 0.15) is 42.7 Å². The predicted octanol–water partition coefficient (Wildman–Crippen LogP) is 5.74. The lowest BCUT2D eigenvalue weighted by Crippen LogP contribution is -2.45. The number of halogens is 2. The molecule has 6 heteroatoms. The second-order valence-corrected chi connectivity index (χ2v) is 9.64. The van der Waals surface area contributed by atoms with E-state index >= 15 is 0 Å². The van der Waals surface area contributed by atoms with Gasteiger partial charge in [-0.25, -0.2) is 8.78 Å². The molecule has 0 amide bonds. The highest BCUT2D eigenvalue weighted by Gasteiger charge is 2.42. The maximum atomic E-state index is 14.2. The van der Waals surface area contributed by atoms with Crippen LogP contribution in [0.2, 0.25) is 0 Å². The largest absolute Gasteiger partial charge is 0.337 e. The monoisotopic (exact) mass is 476 g/mol. The first kappa shape index (κ1) is 23.9. The molecule has 2 atom stereocenters. The molecule has 35 heavy (non-hydrogen) atoms. The molecule has 5 rings (SSSR count). The van der Waals surface area contributed by atoms with Crippen molar-refractivity contribution in [3.05, 3.63) is 95.6 Å². The van der Waals surface area contributed by atoms with Gasteiger partial charge in [-0.2, -0.15) is 0 Å². The van der Waals surface area contributed by atoms with Crippen molar-refractivity contribution in [3.63, 3.8) is 0 Å². The summed E-state index contributed by atoms with van der Waals surface area (Å²) < 4.78 is 27.7. The van der Waals surface area contributed by atoms with Gasteiger partial charge in [0, 0.05) is 49.5 Å². The van der Waals surface area contributed by atoms with Gasteiger partial charge >= 0.3 is 0 Å². The minimum Gasteiger partial charge on any atom is -0.337 e. The maximum absolute atomic E-state index is 14.2. The molecule has 184 valence electrons. The van der Waals surface area contributed by atoms with Crippen LogP contribution in [0, 0.1) is 11.6 Å². The first-order valence-electron chi connectivity index (χ1n) is 12.8. The first-order valence-corrected chi connectivity index (χ1v) is 12.8. The Morgan fingerprint density at radius 2 is 1.63 bits per heavy atom. The summed E-state index contributed by atoms with van der Waals surface area (Å²) >= 11 is 0. The lowest BCUT2D eigenvalue weighted by Gasteiger charge is -2.39. The number of benzene rings is 3. The Morgan fingerprint density at radius 3 is 2.46 bits per heavy atom. The fourth-order valence-corrected chi connectivity index (χ4v) is 5.55. The zero-order valence-corrected chi connectivity index (χ0v) is 20.1. The highest BCUT2D eigenvalue weighted by Crippen LogP contribution is 2.48. The van der Waals surface area contributed by atoms with Gasteiger partial charge in [-0.15, -0.1) is 0 Å². The van der Waals surface area contributed by atoms with Crippen LogP contribution in [0.5, 0.6) is 0 Å². The number of piperidine rings is 1. The van der Waals surface area contributed by atoms with Crippen molar-refractivity contribution in [1.82, 2.24) is 15.8 Å². The molecule has 2 aliphatic heterocycles. The number of unbranched alkanes of at least 4 members (excludes halogenated alkanes) is 2. The molecule has 1 saturated heterocycles. The van der Waals surface area contributed by atoms with E-state index in [0.29, 0.717) is 0 Å². The van der Waals surface area contributed by atoms with Crippen molar-refractivity contribution in [2.45, 2.75) is 44.2 Å². The summed E-state index contributed by atoms with van der Waals surface area (Å²) in [5.74, 6) is -0.155. The molecular weight excluding hydrogens is 442 g/mol. The van der Waals surface area contributed by atoms with Crippen LogP contribution in [-0.4, -0.2) is 37.1 Å². The molecule has 2 unspecified atom stereocenters. The average molecular weight is 477 g/mol. The van der Waals surface area contributed by atoms with E-state index in [-0.39, 0.29) is 23.6 Å². The lowest BCUT2D eigenvalue weighted by molar-refractivity contribution is 0.193. The van der Waals surface area contributed by atoms with Crippen molar-refractivity contribution in [3.8, 4) is 0 Å². The molecule has 0 bridgehead atoms. The number of hydrogen-bond donors (Lipinski definition) is 2. The number of likely N-dealkylation sites (tertiary alicyclic amines) is 1. The average Bonchev–Trinajstić information content (AvgIpc) is 3.19. The van der Waals surface area contributed by atoms with Gasteiger partial charge in [0.15, 0.2) is 0 Å². The zero-order chi connectivity index (χ0) is 24.0. The van der Waals surface area contributed by atoms with E-state index in [0.717, 1.165) is 68.9 Å². The smallest absolute Gasteiger partial charge is 0.123 e. The molecule has 2 N–H and O–H groups in total. The molecule has 2 heterocycles. The Kier molecular flexibility index (Phi) is 7.72. The number of nitrogens with one attached hydrogen (secondary N) is 2. The highest BCUT2D eigenvalue weighted by molar-refractivity contribution is 5.73. The Labute approximate surface area is 206 Å². The van der Waals surface area contributed by atoms with Crippen molar-refractivity contribution < 1.29 is 8.78 Å². The minimum absolute atomic E-state index is 0.186. The summed E-state index contributed by atoms with van der Waals surface area (Å²) in [5.41, 5.74) is 11.0. The number of nitrogens with zero attached hydrogens (tertiary/aromatic N) is 2. The number of rotatable bonds is 10. The van der Waals surface area contributed by atoms with Gasteiger partial charge in [0.1, 0.15) is 11.6 Å².